The Balaban J connectivity index is 1.89. The van der Waals surface area contributed by atoms with Gasteiger partial charge in [-0.05, 0) is 63.0 Å². The van der Waals surface area contributed by atoms with Crippen LogP contribution in [-0.4, -0.2) is 94.5 Å². The highest BCUT2D eigenvalue weighted by Gasteiger charge is 2.36. The molecule has 5 N–H and O–H groups in total. The lowest BCUT2D eigenvalue weighted by Gasteiger charge is -2.33. The van der Waals surface area contributed by atoms with Crippen molar-refractivity contribution in [3.05, 3.63) is 30.1 Å². The minimum Gasteiger partial charge on any atom is -0.368 e. The summed E-state index contributed by atoms with van der Waals surface area (Å²) >= 11 is 0. The van der Waals surface area contributed by atoms with Crippen molar-refractivity contribution < 1.29 is 28.8 Å². The zero-order valence-corrected chi connectivity index (χ0v) is 24.6. The SMILES string of the molecule is CC(C)C[C@H]1C(=O)N[C@H](C(N)=O)CCC(=O)N2CCC[C@@H]2C(=O)NCCCC[C@H](NC(=O)c2ccccn2)C(=O)N1C. The highest BCUT2D eigenvalue weighted by molar-refractivity contribution is 5.97. The van der Waals surface area contributed by atoms with Gasteiger partial charge in [0, 0.05) is 32.8 Å². The van der Waals surface area contributed by atoms with Gasteiger partial charge in [0.15, 0.2) is 0 Å². The molecule has 0 spiro atoms. The van der Waals surface area contributed by atoms with Gasteiger partial charge in [-0.2, -0.15) is 0 Å². The van der Waals surface area contributed by atoms with E-state index in [0.717, 1.165) is 0 Å². The molecule has 3 heterocycles. The Morgan fingerprint density at radius 3 is 2.50 bits per heavy atom. The van der Waals surface area contributed by atoms with Gasteiger partial charge in [-0.1, -0.05) is 19.9 Å². The minimum atomic E-state index is -1.15. The molecular weight excluding hydrogens is 542 g/mol. The van der Waals surface area contributed by atoms with Crippen LogP contribution in [0.1, 0.15) is 75.7 Å². The van der Waals surface area contributed by atoms with Gasteiger partial charge in [-0.25, -0.2) is 0 Å². The topological polar surface area (TPSA) is 184 Å². The molecule has 230 valence electrons. The number of rotatable bonds is 5. The lowest BCUT2D eigenvalue weighted by molar-refractivity contribution is -0.142. The standard InChI is InChI=1S/C29H43N7O6/c1-18(2)17-23-28(41)33-19(25(30)38)12-13-24(37)36-16-8-11-22(36)27(40)32-15-7-5-10-21(29(42)35(23)3)34-26(39)20-9-4-6-14-31-20/h4,6,9,14,18-19,21-23H,5,7-8,10-13,15-17H2,1-3H3,(H2,30,38)(H,32,40)(H,33,41)(H,34,39)/t19-,21-,22+,23-/m0/s1. The van der Waals surface area contributed by atoms with E-state index < -0.39 is 47.8 Å². The van der Waals surface area contributed by atoms with Crippen LogP contribution < -0.4 is 21.7 Å². The van der Waals surface area contributed by atoms with E-state index in [1.54, 1.807) is 12.1 Å². The van der Waals surface area contributed by atoms with E-state index in [4.69, 9.17) is 5.73 Å². The summed E-state index contributed by atoms with van der Waals surface area (Å²) < 4.78 is 0. The number of fused-ring (bicyclic) bond motifs is 1. The number of pyridine rings is 1. The van der Waals surface area contributed by atoms with E-state index in [0.29, 0.717) is 45.2 Å². The maximum atomic E-state index is 13.8. The van der Waals surface area contributed by atoms with Gasteiger partial charge in [0.05, 0.1) is 0 Å². The molecule has 0 aliphatic carbocycles. The van der Waals surface area contributed by atoms with Crippen molar-refractivity contribution in [1.29, 1.82) is 0 Å². The fraction of sp³-hybridized carbons (Fsp3) is 0.621. The number of hydrogen-bond acceptors (Lipinski definition) is 7. The van der Waals surface area contributed by atoms with Gasteiger partial charge >= 0.3 is 0 Å². The second-order valence-electron chi connectivity index (χ2n) is 11.4. The Morgan fingerprint density at radius 1 is 1.07 bits per heavy atom. The lowest BCUT2D eigenvalue weighted by Crippen LogP contribution is -2.57. The Kier molecular flexibility index (Phi) is 11.8. The quantitative estimate of drug-likeness (QED) is 0.377. The van der Waals surface area contributed by atoms with Gasteiger partial charge in [-0.3, -0.25) is 33.8 Å². The van der Waals surface area contributed by atoms with E-state index in [9.17, 15) is 28.8 Å². The number of nitrogens with two attached hydrogens (primary N) is 1. The Morgan fingerprint density at radius 2 is 1.83 bits per heavy atom. The summed E-state index contributed by atoms with van der Waals surface area (Å²) in [6, 6.07) is 1.22. The number of primary amides is 1. The minimum absolute atomic E-state index is 0.0136. The molecule has 2 fully saturated rings. The molecule has 3 rings (SSSR count). The van der Waals surface area contributed by atoms with E-state index in [-0.39, 0.29) is 42.7 Å². The molecule has 6 amide bonds. The maximum absolute atomic E-state index is 13.8. The van der Waals surface area contributed by atoms with E-state index in [2.05, 4.69) is 20.9 Å². The average molecular weight is 586 g/mol. The first-order valence-corrected chi connectivity index (χ1v) is 14.6. The number of nitrogens with zero attached hydrogens (tertiary/aromatic N) is 3. The third-order valence-electron chi connectivity index (χ3n) is 7.71. The van der Waals surface area contributed by atoms with Crippen LogP contribution >= 0.6 is 0 Å². The van der Waals surface area contributed by atoms with E-state index in [1.165, 1.54) is 29.1 Å². The summed E-state index contributed by atoms with van der Waals surface area (Å²) in [5.74, 6) is -2.91. The van der Waals surface area contributed by atoms with Crippen LogP contribution in [0.15, 0.2) is 24.4 Å². The van der Waals surface area contributed by atoms with Crippen LogP contribution in [0.4, 0.5) is 0 Å². The van der Waals surface area contributed by atoms with Crippen molar-refractivity contribution in [3.63, 3.8) is 0 Å². The van der Waals surface area contributed by atoms with Crippen LogP contribution in [0.5, 0.6) is 0 Å². The summed E-state index contributed by atoms with van der Waals surface area (Å²) in [5.41, 5.74) is 5.74. The molecule has 13 heteroatoms. The smallest absolute Gasteiger partial charge is 0.270 e. The summed E-state index contributed by atoms with van der Waals surface area (Å²) in [6.45, 7) is 4.58. The molecule has 2 saturated heterocycles. The number of nitrogens with one attached hydrogen (secondary N) is 3. The highest BCUT2D eigenvalue weighted by Crippen LogP contribution is 2.20. The fourth-order valence-electron chi connectivity index (χ4n) is 5.38. The predicted octanol–water partition coefficient (Wildman–Crippen LogP) is 0.0945. The second-order valence-corrected chi connectivity index (χ2v) is 11.4. The van der Waals surface area contributed by atoms with E-state index in [1.807, 2.05) is 13.8 Å². The van der Waals surface area contributed by atoms with Gasteiger partial charge < -0.3 is 31.5 Å². The molecule has 0 saturated carbocycles. The molecule has 13 nitrogen and oxygen atoms in total. The first-order valence-electron chi connectivity index (χ1n) is 14.6. The van der Waals surface area contributed by atoms with Crippen LogP contribution in [0.2, 0.25) is 0 Å². The normalized spacial score (nSPS) is 25.2. The third-order valence-corrected chi connectivity index (χ3v) is 7.71. The van der Waals surface area contributed by atoms with Gasteiger partial charge in [0.1, 0.15) is 29.9 Å². The summed E-state index contributed by atoms with van der Waals surface area (Å²) in [6.07, 6.45) is 4.15. The summed E-state index contributed by atoms with van der Waals surface area (Å²) in [5, 5.41) is 8.29. The number of hydrogen-bond donors (Lipinski definition) is 4. The molecule has 4 atom stereocenters. The first-order chi connectivity index (χ1) is 20.0. The molecule has 0 aromatic carbocycles. The van der Waals surface area contributed by atoms with Crippen LogP contribution in [0.25, 0.3) is 0 Å². The Labute approximate surface area is 246 Å². The molecule has 2 aliphatic rings. The van der Waals surface area contributed by atoms with Crippen molar-refractivity contribution >= 4 is 35.4 Å². The fourth-order valence-corrected chi connectivity index (χ4v) is 5.38. The molecule has 1 aromatic rings. The molecule has 1 aromatic heterocycles. The van der Waals surface area contributed by atoms with Crippen molar-refractivity contribution in [2.45, 2.75) is 89.4 Å². The van der Waals surface area contributed by atoms with Crippen LogP contribution in [0.3, 0.4) is 0 Å². The third kappa shape index (κ3) is 8.73. The van der Waals surface area contributed by atoms with Gasteiger partial charge in [0.2, 0.25) is 29.5 Å². The molecular formula is C29H43N7O6. The molecule has 0 bridgehead atoms. The highest BCUT2D eigenvalue weighted by atomic mass is 16.2. The number of carbonyl (C=O) groups excluding carboxylic acids is 6. The van der Waals surface area contributed by atoms with Crippen molar-refractivity contribution in [3.8, 4) is 0 Å². The van der Waals surface area contributed by atoms with Crippen LogP contribution in [-0.2, 0) is 24.0 Å². The molecule has 0 unspecified atom stereocenters. The molecule has 2 aliphatic heterocycles. The maximum Gasteiger partial charge on any atom is 0.270 e. The van der Waals surface area contributed by atoms with E-state index >= 15 is 0 Å². The number of amides is 6. The molecule has 42 heavy (non-hydrogen) atoms. The first kappa shape index (κ1) is 32.5. The van der Waals surface area contributed by atoms with Crippen LogP contribution in [0, 0.1) is 5.92 Å². The number of likely N-dealkylation sites (N-methyl/N-ethyl adjacent to an activating group) is 1. The second kappa shape index (κ2) is 15.3. The van der Waals surface area contributed by atoms with Crippen molar-refractivity contribution in [1.82, 2.24) is 30.7 Å². The Bertz CT molecular complexity index is 1140. The van der Waals surface area contributed by atoms with Gasteiger partial charge in [0.25, 0.3) is 5.91 Å². The number of carbonyl (C=O) groups is 6. The number of aromatic nitrogens is 1. The summed E-state index contributed by atoms with van der Waals surface area (Å²) in [4.78, 5) is 85.3. The van der Waals surface area contributed by atoms with Crippen molar-refractivity contribution in [2.24, 2.45) is 11.7 Å². The monoisotopic (exact) mass is 585 g/mol. The van der Waals surface area contributed by atoms with Gasteiger partial charge in [-0.15, -0.1) is 0 Å². The largest absolute Gasteiger partial charge is 0.368 e. The predicted molar refractivity (Wildman–Crippen MR) is 153 cm³/mol. The molecule has 0 radical (unpaired) electrons. The van der Waals surface area contributed by atoms with Crippen molar-refractivity contribution in [2.75, 3.05) is 20.1 Å². The Hall–Kier alpha value is -4.03. The zero-order chi connectivity index (χ0) is 30.8. The average Bonchev–Trinajstić information content (AvgIpc) is 3.46. The zero-order valence-electron chi connectivity index (χ0n) is 24.6. The summed E-state index contributed by atoms with van der Waals surface area (Å²) in [7, 11) is 1.49. The lowest BCUT2D eigenvalue weighted by atomic mass is 9.99.